The number of ether oxygens (including phenoxy) is 1. The lowest BCUT2D eigenvalue weighted by Crippen LogP contribution is -2.27. The molecule has 0 atom stereocenters. The second kappa shape index (κ2) is 7.80. The Bertz CT molecular complexity index is 688. The molecule has 0 fully saturated rings. The molecular formula is C21H23NO. The van der Waals surface area contributed by atoms with E-state index >= 15 is 0 Å². The Morgan fingerprint density at radius 3 is 2.65 bits per heavy atom. The van der Waals surface area contributed by atoms with Gasteiger partial charge in [-0.05, 0) is 35.3 Å². The Kier molecular flexibility index (Phi) is 5.28. The number of benzene rings is 2. The summed E-state index contributed by atoms with van der Waals surface area (Å²) in [7, 11) is 1.70. The lowest BCUT2D eigenvalue weighted by atomic mass is 10.1. The molecule has 0 aliphatic carbocycles. The quantitative estimate of drug-likeness (QED) is 0.804. The Morgan fingerprint density at radius 2 is 1.91 bits per heavy atom. The first kappa shape index (κ1) is 15.6. The molecule has 2 aromatic carbocycles. The van der Waals surface area contributed by atoms with Crippen LogP contribution < -0.4 is 4.74 Å². The van der Waals surface area contributed by atoms with E-state index in [0.29, 0.717) is 0 Å². The lowest BCUT2D eigenvalue weighted by Gasteiger charge is -2.25. The van der Waals surface area contributed by atoms with Crippen molar-refractivity contribution in [1.82, 2.24) is 4.90 Å². The van der Waals surface area contributed by atoms with Gasteiger partial charge in [0.05, 0.1) is 7.11 Å². The summed E-state index contributed by atoms with van der Waals surface area (Å²) in [6.07, 6.45) is 7.84. The van der Waals surface area contributed by atoms with E-state index < -0.39 is 0 Å². The van der Waals surface area contributed by atoms with Crippen molar-refractivity contribution < 1.29 is 4.74 Å². The second-order valence-corrected chi connectivity index (χ2v) is 5.86. The minimum Gasteiger partial charge on any atom is -0.497 e. The van der Waals surface area contributed by atoms with Crippen LogP contribution in [-0.4, -0.2) is 25.1 Å². The van der Waals surface area contributed by atoms with Gasteiger partial charge in [0.1, 0.15) is 5.75 Å². The van der Waals surface area contributed by atoms with E-state index in [0.717, 1.165) is 31.8 Å². The molecule has 0 saturated carbocycles. The van der Waals surface area contributed by atoms with Crippen molar-refractivity contribution in [3.05, 3.63) is 83.4 Å². The number of methoxy groups -OCH3 is 1. The summed E-state index contributed by atoms with van der Waals surface area (Å²) < 4.78 is 5.26. The molecule has 0 amide bonds. The van der Waals surface area contributed by atoms with E-state index in [2.05, 4.69) is 65.6 Å². The van der Waals surface area contributed by atoms with Crippen LogP contribution in [-0.2, 0) is 6.54 Å². The van der Waals surface area contributed by atoms with Gasteiger partial charge in [0.15, 0.2) is 0 Å². The third kappa shape index (κ3) is 4.57. The first-order chi connectivity index (χ1) is 11.3. The first-order valence-corrected chi connectivity index (χ1v) is 8.11. The Hall–Kier alpha value is -2.32. The van der Waals surface area contributed by atoms with E-state index in [1.165, 1.54) is 16.7 Å². The van der Waals surface area contributed by atoms with E-state index in [-0.39, 0.29) is 0 Å². The van der Waals surface area contributed by atoms with Gasteiger partial charge in [-0.25, -0.2) is 0 Å². The second-order valence-electron chi connectivity index (χ2n) is 5.86. The maximum absolute atomic E-state index is 5.26. The summed E-state index contributed by atoms with van der Waals surface area (Å²) in [5.41, 5.74) is 3.98. The monoisotopic (exact) mass is 305 g/mol. The van der Waals surface area contributed by atoms with Gasteiger partial charge in [-0.3, -0.25) is 4.90 Å². The number of nitrogens with zero attached hydrogens (tertiary/aromatic N) is 1. The molecule has 2 nitrogen and oxygen atoms in total. The van der Waals surface area contributed by atoms with Crippen molar-refractivity contribution >= 4 is 6.08 Å². The number of hydrogen-bond acceptors (Lipinski definition) is 2. The predicted octanol–water partition coefficient (Wildman–Crippen LogP) is 4.54. The third-order valence-electron chi connectivity index (χ3n) is 4.16. The van der Waals surface area contributed by atoms with Crippen molar-refractivity contribution in [1.29, 1.82) is 0 Å². The first-order valence-electron chi connectivity index (χ1n) is 8.11. The van der Waals surface area contributed by atoms with Crippen LogP contribution in [0.25, 0.3) is 6.08 Å². The van der Waals surface area contributed by atoms with Crippen molar-refractivity contribution in [2.75, 3.05) is 20.2 Å². The van der Waals surface area contributed by atoms with Crippen molar-refractivity contribution in [3.8, 4) is 5.75 Å². The molecule has 0 unspecified atom stereocenters. The fourth-order valence-corrected chi connectivity index (χ4v) is 2.81. The SMILES string of the molecule is COc1cccc(/C=C/C2=CCN(Cc3ccccc3)CC2)c1. The molecule has 1 aliphatic heterocycles. The van der Waals surface area contributed by atoms with Gasteiger partial charge >= 0.3 is 0 Å². The summed E-state index contributed by atoms with van der Waals surface area (Å²) in [5.74, 6) is 0.902. The molecule has 0 radical (unpaired) electrons. The maximum atomic E-state index is 5.26. The highest BCUT2D eigenvalue weighted by Gasteiger charge is 2.10. The van der Waals surface area contributed by atoms with Crippen LogP contribution in [0.1, 0.15) is 17.5 Å². The Morgan fingerprint density at radius 1 is 1.04 bits per heavy atom. The van der Waals surface area contributed by atoms with Crippen LogP contribution in [0.5, 0.6) is 5.75 Å². The van der Waals surface area contributed by atoms with Gasteiger partial charge in [0.25, 0.3) is 0 Å². The molecule has 0 bridgehead atoms. The molecule has 0 spiro atoms. The summed E-state index contributed by atoms with van der Waals surface area (Å²) in [6, 6.07) is 18.8. The molecule has 0 saturated heterocycles. The summed E-state index contributed by atoms with van der Waals surface area (Å²) in [4.78, 5) is 2.48. The minimum atomic E-state index is 0.902. The molecule has 0 N–H and O–H groups in total. The predicted molar refractivity (Wildman–Crippen MR) is 96.4 cm³/mol. The van der Waals surface area contributed by atoms with E-state index in [9.17, 15) is 0 Å². The Balaban J connectivity index is 1.57. The standard InChI is InChI=1S/C21H23NO/c1-23-21-9-5-8-19(16-21)11-10-18-12-14-22(15-13-18)17-20-6-3-2-4-7-20/h2-12,16H,13-15,17H2,1H3/b11-10+. The normalized spacial score (nSPS) is 15.6. The van der Waals surface area contributed by atoms with Crippen LogP contribution in [0, 0.1) is 0 Å². The van der Waals surface area contributed by atoms with Crippen LogP contribution in [0.15, 0.2) is 72.3 Å². The lowest BCUT2D eigenvalue weighted by molar-refractivity contribution is 0.287. The zero-order valence-corrected chi connectivity index (χ0v) is 13.6. The largest absolute Gasteiger partial charge is 0.497 e. The summed E-state index contributed by atoms with van der Waals surface area (Å²) >= 11 is 0. The average Bonchev–Trinajstić information content (AvgIpc) is 2.62. The fraction of sp³-hybridized carbons (Fsp3) is 0.238. The van der Waals surface area contributed by atoms with Gasteiger partial charge in [0, 0.05) is 19.6 Å². The van der Waals surface area contributed by atoms with Crippen LogP contribution >= 0.6 is 0 Å². The molecule has 2 heteroatoms. The topological polar surface area (TPSA) is 12.5 Å². The minimum absolute atomic E-state index is 0.902. The highest BCUT2D eigenvalue weighted by atomic mass is 16.5. The maximum Gasteiger partial charge on any atom is 0.119 e. The Labute approximate surface area is 138 Å². The molecule has 0 aromatic heterocycles. The zero-order valence-electron chi connectivity index (χ0n) is 13.6. The molecule has 23 heavy (non-hydrogen) atoms. The van der Waals surface area contributed by atoms with E-state index in [4.69, 9.17) is 4.74 Å². The van der Waals surface area contributed by atoms with Gasteiger partial charge < -0.3 is 4.74 Å². The van der Waals surface area contributed by atoms with Gasteiger partial charge in [-0.1, -0.05) is 60.7 Å². The molecule has 118 valence electrons. The fourth-order valence-electron chi connectivity index (χ4n) is 2.81. The summed E-state index contributed by atoms with van der Waals surface area (Å²) in [6.45, 7) is 3.17. The van der Waals surface area contributed by atoms with Crippen LogP contribution in [0.3, 0.4) is 0 Å². The van der Waals surface area contributed by atoms with E-state index in [1.807, 2.05) is 12.1 Å². The molecular weight excluding hydrogens is 282 g/mol. The van der Waals surface area contributed by atoms with Crippen LogP contribution in [0.2, 0.25) is 0 Å². The smallest absolute Gasteiger partial charge is 0.119 e. The van der Waals surface area contributed by atoms with E-state index in [1.54, 1.807) is 7.11 Å². The van der Waals surface area contributed by atoms with Crippen molar-refractivity contribution in [2.45, 2.75) is 13.0 Å². The zero-order chi connectivity index (χ0) is 15.9. The van der Waals surface area contributed by atoms with Crippen molar-refractivity contribution in [3.63, 3.8) is 0 Å². The summed E-state index contributed by atoms with van der Waals surface area (Å²) in [5, 5.41) is 0. The molecule has 1 aliphatic rings. The number of rotatable bonds is 5. The van der Waals surface area contributed by atoms with Gasteiger partial charge in [-0.15, -0.1) is 0 Å². The highest BCUT2D eigenvalue weighted by molar-refractivity contribution is 5.55. The van der Waals surface area contributed by atoms with Gasteiger partial charge in [0.2, 0.25) is 0 Å². The van der Waals surface area contributed by atoms with Gasteiger partial charge in [-0.2, -0.15) is 0 Å². The number of allylic oxidation sites excluding steroid dienone is 1. The number of hydrogen-bond donors (Lipinski definition) is 0. The van der Waals surface area contributed by atoms with Crippen LogP contribution in [0.4, 0.5) is 0 Å². The van der Waals surface area contributed by atoms with Crippen molar-refractivity contribution in [2.24, 2.45) is 0 Å². The molecule has 2 aromatic rings. The molecule has 3 rings (SSSR count). The average molecular weight is 305 g/mol. The molecule has 1 heterocycles. The third-order valence-corrected chi connectivity index (χ3v) is 4.16. The highest BCUT2D eigenvalue weighted by Crippen LogP contribution is 2.18.